The number of halogens is 2. The second-order valence-electron chi connectivity index (χ2n) is 4.76. The number of hydrogen-bond acceptors (Lipinski definition) is 2. The maximum Gasteiger partial charge on any atom is 0.168 e. The van der Waals surface area contributed by atoms with Gasteiger partial charge in [0.1, 0.15) is 0 Å². The van der Waals surface area contributed by atoms with E-state index < -0.39 is 11.6 Å². The third-order valence-electron chi connectivity index (χ3n) is 3.54. The van der Waals surface area contributed by atoms with Crippen molar-refractivity contribution >= 4 is 11.4 Å². The van der Waals surface area contributed by atoms with Crippen molar-refractivity contribution in [3.8, 4) is 0 Å². The van der Waals surface area contributed by atoms with E-state index in [0.29, 0.717) is 23.4 Å². The van der Waals surface area contributed by atoms with Crippen molar-refractivity contribution in [2.75, 3.05) is 0 Å². The fourth-order valence-corrected chi connectivity index (χ4v) is 2.26. The lowest BCUT2D eigenvalue weighted by molar-refractivity contribution is 0.494. The molecule has 0 saturated carbocycles. The minimum absolute atomic E-state index is 0.215. The van der Waals surface area contributed by atoms with Gasteiger partial charge in [-0.3, -0.25) is 4.99 Å². The zero-order valence-electron chi connectivity index (χ0n) is 12.5. The summed E-state index contributed by atoms with van der Waals surface area (Å²) in [6.45, 7) is 9.34. The van der Waals surface area contributed by atoms with E-state index in [2.05, 4.69) is 11.6 Å². The minimum Gasteiger partial charge on any atom is -0.314 e. The predicted octanol–water partition coefficient (Wildman–Crippen LogP) is 4.65. The molecule has 21 heavy (non-hydrogen) atoms. The Morgan fingerprint density at radius 2 is 2.05 bits per heavy atom. The lowest BCUT2D eigenvalue weighted by Gasteiger charge is -2.28. The fourth-order valence-electron chi connectivity index (χ4n) is 2.26. The molecule has 0 aromatic heterocycles. The summed E-state index contributed by atoms with van der Waals surface area (Å²) in [4.78, 5) is 5.85. The average molecular weight is 288 g/mol. The molecule has 0 fully saturated rings. The van der Waals surface area contributed by atoms with Crippen LogP contribution in [0.25, 0.3) is 5.70 Å². The van der Waals surface area contributed by atoms with Gasteiger partial charge >= 0.3 is 0 Å². The summed E-state index contributed by atoms with van der Waals surface area (Å²) in [6, 6.07) is 3.23. The van der Waals surface area contributed by atoms with E-state index in [1.807, 2.05) is 6.92 Å². The average Bonchev–Trinajstić information content (AvgIpc) is 2.48. The van der Waals surface area contributed by atoms with Crippen molar-refractivity contribution in [2.45, 2.75) is 27.2 Å². The molecule has 1 heterocycles. The third kappa shape index (κ3) is 2.66. The molecule has 1 aliphatic rings. The molecule has 0 N–H and O–H groups in total. The Hall–Kier alpha value is -2.23. The zero-order valence-corrected chi connectivity index (χ0v) is 12.5. The molecule has 1 aliphatic heterocycles. The first-order valence-electron chi connectivity index (χ1n) is 6.84. The predicted molar refractivity (Wildman–Crippen MR) is 82.6 cm³/mol. The number of aryl methyl sites for hydroxylation is 1. The Morgan fingerprint density at radius 3 is 2.67 bits per heavy atom. The van der Waals surface area contributed by atoms with Crippen LogP contribution in [0.1, 0.15) is 31.9 Å². The quantitative estimate of drug-likeness (QED) is 0.790. The second-order valence-corrected chi connectivity index (χ2v) is 4.76. The van der Waals surface area contributed by atoms with Gasteiger partial charge in [-0.15, -0.1) is 0 Å². The normalized spacial score (nSPS) is 15.5. The highest BCUT2D eigenvalue weighted by atomic mass is 19.2. The Kier molecular flexibility index (Phi) is 4.36. The summed E-state index contributed by atoms with van der Waals surface area (Å²) >= 11 is 0. The summed E-state index contributed by atoms with van der Waals surface area (Å²) in [5.74, 6) is -1.62. The van der Waals surface area contributed by atoms with Gasteiger partial charge in [0.25, 0.3) is 0 Å². The highest BCUT2D eigenvalue weighted by Gasteiger charge is 2.21. The lowest BCUT2D eigenvalue weighted by Crippen LogP contribution is -2.22. The summed E-state index contributed by atoms with van der Waals surface area (Å²) in [6.07, 6.45) is 5.49. The molecule has 0 saturated heterocycles. The molecule has 0 radical (unpaired) electrons. The van der Waals surface area contributed by atoms with Crippen LogP contribution in [0.15, 0.2) is 47.9 Å². The van der Waals surface area contributed by atoms with E-state index in [1.54, 1.807) is 49.4 Å². The van der Waals surface area contributed by atoms with E-state index in [4.69, 9.17) is 0 Å². The van der Waals surface area contributed by atoms with Gasteiger partial charge in [0, 0.05) is 18.0 Å². The van der Waals surface area contributed by atoms with Gasteiger partial charge in [0.2, 0.25) is 0 Å². The number of aliphatic imine (C=N–C) groups is 1. The third-order valence-corrected chi connectivity index (χ3v) is 3.54. The smallest absolute Gasteiger partial charge is 0.168 e. The molecule has 2 rings (SSSR count). The highest BCUT2D eigenvalue weighted by molar-refractivity contribution is 6.00. The maximum atomic E-state index is 14.3. The van der Waals surface area contributed by atoms with Crippen LogP contribution in [-0.2, 0) is 6.42 Å². The summed E-state index contributed by atoms with van der Waals surface area (Å²) < 4.78 is 28.4. The largest absolute Gasteiger partial charge is 0.314 e. The van der Waals surface area contributed by atoms with Gasteiger partial charge in [-0.25, -0.2) is 8.78 Å². The molecule has 0 amide bonds. The summed E-state index contributed by atoms with van der Waals surface area (Å²) in [5.41, 5.74) is 2.52. The fraction of sp³-hybridized carbons (Fsp3) is 0.235. The van der Waals surface area contributed by atoms with Crippen LogP contribution >= 0.6 is 0 Å². The van der Waals surface area contributed by atoms with Crippen molar-refractivity contribution in [3.05, 3.63) is 65.6 Å². The molecule has 2 nitrogen and oxygen atoms in total. The molecule has 0 unspecified atom stereocenters. The first-order valence-corrected chi connectivity index (χ1v) is 6.84. The van der Waals surface area contributed by atoms with Crippen molar-refractivity contribution < 1.29 is 8.78 Å². The molecular formula is C17H18F2N2. The van der Waals surface area contributed by atoms with Crippen LogP contribution in [0, 0.1) is 11.6 Å². The lowest BCUT2D eigenvalue weighted by atomic mass is 10.0. The molecule has 0 atom stereocenters. The van der Waals surface area contributed by atoms with Gasteiger partial charge in [-0.05, 0) is 31.9 Å². The number of nitrogens with zero attached hydrogens (tertiary/aromatic N) is 2. The van der Waals surface area contributed by atoms with E-state index in [0.717, 1.165) is 5.71 Å². The van der Waals surface area contributed by atoms with Gasteiger partial charge < -0.3 is 4.90 Å². The standard InChI is InChI=1S/C17H18F2N2/c1-5-13-7-8-14(17(19)16(13)18)15(6-2)21-10-9-20-11(3)12(21)4/h6-10H,4-5H2,1-3H3/b15-6-. The van der Waals surface area contributed by atoms with E-state index in [9.17, 15) is 8.78 Å². The van der Waals surface area contributed by atoms with E-state index >= 15 is 0 Å². The first kappa shape index (κ1) is 15.2. The van der Waals surface area contributed by atoms with Crippen molar-refractivity contribution in [2.24, 2.45) is 4.99 Å². The Morgan fingerprint density at radius 1 is 1.33 bits per heavy atom. The van der Waals surface area contributed by atoms with Gasteiger partial charge in [0.05, 0.1) is 17.1 Å². The monoisotopic (exact) mass is 288 g/mol. The van der Waals surface area contributed by atoms with Crippen LogP contribution in [0.2, 0.25) is 0 Å². The van der Waals surface area contributed by atoms with Crippen LogP contribution in [0.5, 0.6) is 0 Å². The number of rotatable bonds is 3. The number of benzene rings is 1. The summed E-state index contributed by atoms with van der Waals surface area (Å²) in [7, 11) is 0. The van der Waals surface area contributed by atoms with Crippen LogP contribution in [0.3, 0.4) is 0 Å². The molecule has 110 valence electrons. The Labute approximate surface area is 123 Å². The zero-order chi connectivity index (χ0) is 15.6. The van der Waals surface area contributed by atoms with Gasteiger partial charge in [-0.2, -0.15) is 0 Å². The molecule has 1 aromatic rings. The Balaban J connectivity index is 2.50. The molecular weight excluding hydrogens is 270 g/mol. The Bertz CT molecular complexity index is 670. The highest BCUT2D eigenvalue weighted by Crippen LogP contribution is 2.30. The molecule has 0 aliphatic carbocycles. The van der Waals surface area contributed by atoms with Crippen LogP contribution < -0.4 is 0 Å². The second kappa shape index (κ2) is 6.04. The maximum absolute atomic E-state index is 14.3. The van der Waals surface area contributed by atoms with Crippen molar-refractivity contribution in [3.63, 3.8) is 0 Å². The van der Waals surface area contributed by atoms with E-state index in [1.165, 1.54) is 0 Å². The van der Waals surface area contributed by atoms with Crippen molar-refractivity contribution in [1.82, 2.24) is 4.90 Å². The van der Waals surface area contributed by atoms with Gasteiger partial charge in [0.15, 0.2) is 11.6 Å². The first-order chi connectivity index (χ1) is 10.0. The minimum atomic E-state index is -0.830. The SMILES string of the molecule is C=C1C(C)=NC=CN1/C(=C\C)c1ccc(CC)c(F)c1F. The molecule has 0 bridgehead atoms. The topological polar surface area (TPSA) is 15.6 Å². The van der Waals surface area contributed by atoms with Crippen molar-refractivity contribution in [1.29, 1.82) is 0 Å². The molecule has 4 heteroatoms. The molecule has 1 aromatic carbocycles. The van der Waals surface area contributed by atoms with E-state index in [-0.39, 0.29) is 5.56 Å². The summed E-state index contributed by atoms with van der Waals surface area (Å²) in [5, 5.41) is 0. The van der Waals surface area contributed by atoms with Crippen LogP contribution in [-0.4, -0.2) is 10.6 Å². The van der Waals surface area contributed by atoms with Gasteiger partial charge in [-0.1, -0.05) is 25.6 Å². The molecule has 0 spiro atoms. The van der Waals surface area contributed by atoms with Crippen LogP contribution in [0.4, 0.5) is 8.78 Å². The number of hydrogen-bond donors (Lipinski definition) is 0. The number of allylic oxidation sites excluding steroid dienone is 2.